The minimum Gasteiger partial charge on any atom is -0.378 e. The topological polar surface area (TPSA) is 65.0 Å². The van der Waals surface area contributed by atoms with E-state index in [1.165, 1.54) is 11.1 Å². The second kappa shape index (κ2) is 7.98. The van der Waals surface area contributed by atoms with Crippen molar-refractivity contribution in [2.45, 2.75) is 0 Å². The van der Waals surface area contributed by atoms with Gasteiger partial charge >= 0.3 is 0 Å². The molecule has 2 amide bonds. The summed E-state index contributed by atoms with van der Waals surface area (Å²) >= 11 is 8.53. The summed E-state index contributed by atoms with van der Waals surface area (Å²) in [6, 6.07) is 14.6. The molecule has 0 radical (unpaired) electrons. The number of amides is 2. The fraction of sp³-hybridized carbons (Fsp3) is 0.158. The van der Waals surface area contributed by atoms with Crippen LogP contribution in [0.25, 0.3) is 0 Å². The number of nitrogens with zero attached hydrogens (tertiary/aromatic N) is 3. The van der Waals surface area contributed by atoms with Gasteiger partial charge in [-0.2, -0.15) is 0 Å². The number of thiocarbonyl (C=S) groups is 1. The monoisotopic (exact) mass is 444 g/mol. The van der Waals surface area contributed by atoms with E-state index in [0.29, 0.717) is 11.4 Å². The Hall–Kier alpha value is -2.58. The zero-order valence-corrected chi connectivity index (χ0v) is 17.1. The SMILES string of the molecule is CN(C)c1ccc(N=C[C@@H]2C(=O)NC(=S)N(c3ccc(Br)cc3)C2=O)cc1. The lowest BCUT2D eigenvalue weighted by Gasteiger charge is -2.30. The van der Waals surface area contributed by atoms with Crippen LogP contribution >= 0.6 is 28.1 Å². The van der Waals surface area contributed by atoms with E-state index in [0.717, 1.165) is 10.2 Å². The molecular weight excluding hydrogens is 428 g/mol. The number of anilines is 2. The smallest absolute Gasteiger partial charge is 0.251 e. The number of aliphatic imine (C=N–C) groups is 1. The molecule has 3 rings (SSSR count). The first kappa shape index (κ1) is 19.2. The molecule has 0 bridgehead atoms. The van der Waals surface area contributed by atoms with E-state index in [1.54, 1.807) is 24.3 Å². The Morgan fingerprint density at radius 1 is 1.11 bits per heavy atom. The van der Waals surface area contributed by atoms with Crippen molar-refractivity contribution in [3.8, 4) is 0 Å². The first-order valence-electron chi connectivity index (χ1n) is 8.13. The van der Waals surface area contributed by atoms with Crippen molar-refractivity contribution in [1.29, 1.82) is 0 Å². The van der Waals surface area contributed by atoms with Crippen LogP contribution in [0.1, 0.15) is 0 Å². The number of halogens is 1. The van der Waals surface area contributed by atoms with Crippen LogP contribution in [-0.2, 0) is 9.59 Å². The zero-order valence-electron chi connectivity index (χ0n) is 14.7. The van der Waals surface area contributed by atoms with Crippen molar-refractivity contribution < 1.29 is 9.59 Å². The highest BCUT2D eigenvalue weighted by atomic mass is 79.9. The van der Waals surface area contributed by atoms with E-state index in [9.17, 15) is 9.59 Å². The number of hydrogen-bond donors (Lipinski definition) is 1. The summed E-state index contributed by atoms with van der Waals surface area (Å²) in [7, 11) is 3.89. The molecule has 0 aromatic heterocycles. The van der Waals surface area contributed by atoms with Crippen molar-refractivity contribution in [3.05, 3.63) is 53.0 Å². The lowest BCUT2D eigenvalue weighted by Crippen LogP contribution is -2.58. The Kier molecular flexibility index (Phi) is 5.67. The molecule has 1 aliphatic heterocycles. The van der Waals surface area contributed by atoms with Crippen LogP contribution in [0.15, 0.2) is 58.0 Å². The van der Waals surface area contributed by atoms with Gasteiger partial charge in [0.25, 0.3) is 5.91 Å². The van der Waals surface area contributed by atoms with Gasteiger partial charge in [0.15, 0.2) is 11.0 Å². The maximum atomic E-state index is 12.9. The van der Waals surface area contributed by atoms with Crippen molar-refractivity contribution in [2.24, 2.45) is 10.9 Å². The van der Waals surface area contributed by atoms with Crippen LogP contribution in [-0.4, -0.2) is 37.2 Å². The number of hydrogen-bond acceptors (Lipinski definition) is 5. The molecule has 0 spiro atoms. The molecule has 1 N–H and O–H groups in total. The van der Waals surface area contributed by atoms with Crippen molar-refractivity contribution in [2.75, 3.05) is 23.9 Å². The molecule has 2 aromatic rings. The van der Waals surface area contributed by atoms with Crippen molar-refractivity contribution in [3.63, 3.8) is 0 Å². The van der Waals surface area contributed by atoms with Crippen LogP contribution in [0.4, 0.5) is 17.1 Å². The first-order valence-corrected chi connectivity index (χ1v) is 9.33. The van der Waals surface area contributed by atoms with Crippen molar-refractivity contribution in [1.82, 2.24) is 5.32 Å². The standard InChI is InChI=1S/C19H17BrN4O2S/c1-23(2)14-9-5-13(6-10-14)21-11-16-17(25)22-19(27)24(18(16)26)15-7-3-12(20)4-8-15/h3-11,16H,1-2H3,(H,22,25,27)/t16-/m1/s1. The van der Waals surface area contributed by atoms with Gasteiger partial charge in [-0.15, -0.1) is 0 Å². The quantitative estimate of drug-likeness (QED) is 0.446. The van der Waals surface area contributed by atoms with Gasteiger partial charge in [0.2, 0.25) is 5.91 Å². The third-order valence-electron chi connectivity index (χ3n) is 4.03. The third-order valence-corrected chi connectivity index (χ3v) is 4.84. The molecule has 1 fully saturated rings. The summed E-state index contributed by atoms with van der Waals surface area (Å²) in [6.45, 7) is 0. The maximum absolute atomic E-state index is 12.9. The maximum Gasteiger partial charge on any atom is 0.251 e. The Labute approximate surface area is 171 Å². The fourth-order valence-corrected chi connectivity index (χ4v) is 3.11. The second-order valence-corrected chi connectivity index (χ2v) is 7.41. The summed E-state index contributed by atoms with van der Waals surface area (Å²) in [4.78, 5) is 32.7. The molecule has 1 saturated heterocycles. The zero-order chi connectivity index (χ0) is 19.6. The third kappa shape index (κ3) is 4.23. The van der Waals surface area contributed by atoms with E-state index >= 15 is 0 Å². The van der Waals surface area contributed by atoms with Gasteiger partial charge in [-0.25, -0.2) is 0 Å². The summed E-state index contributed by atoms with van der Waals surface area (Å²) in [6.07, 6.45) is 1.36. The molecule has 0 unspecified atom stereocenters. The number of carbonyl (C=O) groups excluding carboxylic acids is 2. The predicted molar refractivity (Wildman–Crippen MR) is 115 cm³/mol. The lowest BCUT2D eigenvalue weighted by atomic mass is 10.1. The Morgan fingerprint density at radius 2 is 1.74 bits per heavy atom. The molecule has 1 aliphatic rings. The lowest BCUT2D eigenvalue weighted by molar-refractivity contribution is -0.130. The van der Waals surface area contributed by atoms with E-state index < -0.39 is 17.7 Å². The molecular formula is C19H17BrN4O2S. The highest BCUT2D eigenvalue weighted by Crippen LogP contribution is 2.23. The number of nitrogens with one attached hydrogen (secondary N) is 1. The summed E-state index contributed by atoms with van der Waals surface area (Å²) < 4.78 is 0.880. The average molecular weight is 445 g/mol. The van der Waals surface area contributed by atoms with Gasteiger partial charge < -0.3 is 10.2 Å². The highest BCUT2D eigenvalue weighted by Gasteiger charge is 2.38. The Morgan fingerprint density at radius 3 is 2.33 bits per heavy atom. The van der Waals surface area contributed by atoms with Gasteiger partial charge in [-0.1, -0.05) is 15.9 Å². The van der Waals surface area contributed by atoms with E-state index in [1.807, 2.05) is 43.3 Å². The number of benzene rings is 2. The van der Waals surface area contributed by atoms with Crippen LogP contribution in [0.3, 0.4) is 0 Å². The molecule has 138 valence electrons. The molecule has 8 heteroatoms. The minimum atomic E-state index is -1.05. The first-order chi connectivity index (χ1) is 12.9. The largest absolute Gasteiger partial charge is 0.378 e. The van der Waals surface area contributed by atoms with Gasteiger partial charge in [-0.05, 0) is 60.7 Å². The summed E-state index contributed by atoms with van der Waals surface area (Å²) in [5.41, 5.74) is 2.28. The second-order valence-electron chi connectivity index (χ2n) is 6.11. The Bertz CT molecular complexity index is 910. The average Bonchev–Trinajstić information content (AvgIpc) is 2.63. The van der Waals surface area contributed by atoms with Crippen LogP contribution in [0, 0.1) is 5.92 Å². The minimum absolute atomic E-state index is 0.0623. The van der Waals surface area contributed by atoms with Gasteiger partial charge in [0.05, 0.1) is 11.4 Å². The molecule has 6 nitrogen and oxygen atoms in total. The van der Waals surface area contributed by atoms with Crippen LogP contribution in [0.2, 0.25) is 0 Å². The number of rotatable bonds is 4. The molecule has 27 heavy (non-hydrogen) atoms. The van der Waals surface area contributed by atoms with E-state index in [2.05, 4.69) is 26.2 Å². The van der Waals surface area contributed by atoms with Crippen LogP contribution < -0.4 is 15.1 Å². The molecule has 1 atom stereocenters. The molecule has 0 aliphatic carbocycles. The fourth-order valence-electron chi connectivity index (χ4n) is 2.55. The summed E-state index contributed by atoms with van der Waals surface area (Å²) in [5, 5.41) is 2.63. The summed E-state index contributed by atoms with van der Waals surface area (Å²) in [5.74, 6) is -1.96. The van der Waals surface area contributed by atoms with E-state index in [-0.39, 0.29) is 5.11 Å². The van der Waals surface area contributed by atoms with Gasteiger partial charge in [0, 0.05) is 30.5 Å². The molecule has 2 aromatic carbocycles. The van der Waals surface area contributed by atoms with E-state index in [4.69, 9.17) is 12.2 Å². The van der Waals surface area contributed by atoms with Gasteiger partial charge in [-0.3, -0.25) is 19.5 Å². The molecule has 0 saturated carbocycles. The normalized spacial score (nSPS) is 17.4. The highest BCUT2D eigenvalue weighted by molar-refractivity contribution is 9.10. The number of carbonyl (C=O) groups is 2. The predicted octanol–water partition coefficient (Wildman–Crippen LogP) is 3.28. The van der Waals surface area contributed by atoms with Gasteiger partial charge in [0.1, 0.15) is 0 Å². The van der Waals surface area contributed by atoms with Crippen molar-refractivity contribution >= 4 is 68.4 Å². The van der Waals surface area contributed by atoms with Crippen LogP contribution in [0.5, 0.6) is 0 Å². The molecule has 1 heterocycles. The Balaban J connectivity index is 1.83.